The van der Waals surface area contributed by atoms with E-state index in [0.29, 0.717) is 19.3 Å². The highest BCUT2D eigenvalue weighted by Gasteiger charge is 2.29. The molecule has 2 atom stereocenters. The van der Waals surface area contributed by atoms with Crippen LogP contribution in [0.3, 0.4) is 0 Å². The van der Waals surface area contributed by atoms with Gasteiger partial charge < -0.3 is 5.11 Å². The van der Waals surface area contributed by atoms with Gasteiger partial charge in [-0.1, -0.05) is 6.42 Å². The number of carboxylic acids is 1. The lowest BCUT2D eigenvalue weighted by atomic mass is 9.86. The lowest BCUT2D eigenvalue weighted by Crippen LogP contribution is -2.47. The molecule has 100 valence electrons. The Morgan fingerprint density at radius 2 is 2.00 bits per heavy atom. The quantitative estimate of drug-likeness (QED) is 0.672. The Morgan fingerprint density at radius 1 is 1.35 bits per heavy atom. The van der Waals surface area contributed by atoms with Gasteiger partial charge in [0.2, 0.25) is 0 Å². The van der Waals surface area contributed by atoms with Crippen molar-refractivity contribution in [3.8, 4) is 0 Å². The molecule has 3 N–H and O–H groups in total. The molecule has 2 unspecified atom stereocenters. The van der Waals surface area contributed by atoms with Crippen LogP contribution in [0.15, 0.2) is 0 Å². The summed E-state index contributed by atoms with van der Waals surface area (Å²) in [6.07, 6.45) is 2.44. The van der Waals surface area contributed by atoms with Gasteiger partial charge in [0.1, 0.15) is 0 Å². The Hall–Kier alpha value is -0.660. The van der Waals surface area contributed by atoms with Gasteiger partial charge in [0.05, 0.1) is 5.92 Å². The van der Waals surface area contributed by atoms with E-state index in [9.17, 15) is 13.2 Å². The molecule has 0 aliphatic heterocycles. The van der Waals surface area contributed by atoms with Crippen LogP contribution in [0.25, 0.3) is 0 Å². The zero-order chi connectivity index (χ0) is 13.1. The molecule has 0 spiro atoms. The fourth-order valence-electron chi connectivity index (χ4n) is 2.08. The third kappa shape index (κ3) is 5.01. The van der Waals surface area contributed by atoms with E-state index in [1.165, 1.54) is 0 Å². The van der Waals surface area contributed by atoms with E-state index >= 15 is 0 Å². The highest BCUT2D eigenvalue weighted by Crippen LogP contribution is 2.24. The van der Waals surface area contributed by atoms with Gasteiger partial charge in [-0.15, -0.1) is 0 Å². The van der Waals surface area contributed by atoms with Gasteiger partial charge in [-0.2, -0.15) is 17.9 Å². The molecule has 1 rings (SSSR count). The normalized spacial score (nSPS) is 26.1. The monoisotopic (exact) mass is 264 g/mol. The summed E-state index contributed by atoms with van der Waals surface area (Å²) >= 11 is 0. The topological polar surface area (TPSA) is 95.5 Å². The second kappa shape index (κ2) is 5.79. The molecule has 1 aliphatic rings. The molecule has 1 fully saturated rings. The Bertz CT molecular complexity index is 367. The van der Waals surface area contributed by atoms with E-state index in [1.54, 1.807) is 13.8 Å². The highest BCUT2D eigenvalue weighted by molar-refractivity contribution is 7.87. The zero-order valence-electron chi connectivity index (χ0n) is 10.1. The maximum absolute atomic E-state index is 11.6. The van der Waals surface area contributed by atoms with Crippen molar-refractivity contribution in [2.75, 3.05) is 0 Å². The standard InChI is InChI=1S/C10H20N2O4S/c1-7(2)11-17(15,16)12-9-5-3-4-8(6-9)10(13)14/h7-9,11-12H,3-6H2,1-2H3,(H,13,14). The molecule has 1 aliphatic carbocycles. The molecule has 6 nitrogen and oxygen atoms in total. The summed E-state index contributed by atoms with van der Waals surface area (Å²) in [5.74, 6) is -1.28. The Labute approximate surface area is 102 Å². The van der Waals surface area contributed by atoms with Gasteiger partial charge in [0.25, 0.3) is 10.2 Å². The second-order valence-electron chi connectivity index (χ2n) is 4.79. The number of nitrogens with one attached hydrogen (secondary N) is 2. The van der Waals surface area contributed by atoms with Crippen molar-refractivity contribution in [1.82, 2.24) is 9.44 Å². The molecule has 17 heavy (non-hydrogen) atoms. The van der Waals surface area contributed by atoms with Crippen LogP contribution in [0.2, 0.25) is 0 Å². The minimum atomic E-state index is -3.52. The van der Waals surface area contributed by atoms with Gasteiger partial charge in [-0.05, 0) is 33.1 Å². The van der Waals surface area contributed by atoms with Crippen LogP contribution in [0.4, 0.5) is 0 Å². The van der Waals surface area contributed by atoms with Crippen molar-refractivity contribution in [3.05, 3.63) is 0 Å². The molecule has 0 aromatic heterocycles. The van der Waals surface area contributed by atoms with Crippen LogP contribution in [0.1, 0.15) is 39.5 Å². The summed E-state index contributed by atoms with van der Waals surface area (Å²) in [5, 5.41) is 8.91. The third-order valence-corrected chi connectivity index (χ3v) is 4.16. The molecule has 1 saturated carbocycles. The first-order chi connectivity index (χ1) is 7.80. The van der Waals surface area contributed by atoms with Gasteiger partial charge in [-0.25, -0.2) is 0 Å². The zero-order valence-corrected chi connectivity index (χ0v) is 11.0. The van der Waals surface area contributed by atoms with Gasteiger partial charge >= 0.3 is 5.97 Å². The number of hydrogen-bond donors (Lipinski definition) is 3. The smallest absolute Gasteiger partial charge is 0.306 e. The average Bonchev–Trinajstić information content (AvgIpc) is 2.14. The Balaban J connectivity index is 2.54. The van der Waals surface area contributed by atoms with E-state index in [0.717, 1.165) is 6.42 Å². The molecule has 7 heteroatoms. The molecule has 0 aromatic rings. The van der Waals surface area contributed by atoms with Crippen molar-refractivity contribution in [2.45, 2.75) is 51.6 Å². The average molecular weight is 264 g/mol. The number of rotatable bonds is 5. The number of carbonyl (C=O) groups is 1. The van der Waals surface area contributed by atoms with Gasteiger partial charge in [-0.3, -0.25) is 4.79 Å². The lowest BCUT2D eigenvalue weighted by Gasteiger charge is -2.27. The molecule has 0 amide bonds. The molecular formula is C10H20N2O4S. The number of aliphatic carboxylic acids is 1. The van der Waals surface area contributed by atoms with Crippen LogP contribution < -0.4 is 9.44 Å². The summed E-state index contributed by atoms with van der Waals surface area (Å²) in [6.45, 7) is 3.47. The fraction of sp³-hybridized carbons (Fsp3) is 0.900. The summed E-state index contributed by atoms with van der Waals surface area (Å²) in [5.41, 5.74) is 0. The van der Waals surface area contributed by atoms with Crippen molar-refractivity contribution < 1.29 is 18.3 Å². The molecule has 0 aromatic carbocycles. The van der Waals surface area contributed by atoms with Crippen molar-refractivity contribution in [3.63, 3.8) is 0 Å². The molecule has 0 heterocycles. The summed E-state index contributed by atoms with van der Waals surface area (Å²) in [6, 6.07) is -0.451. The first-order valence-electron chi connectivity index (χ1n) is 5.82. The summed E-state index contributed by atoms with van der Waals surface area (Å²) in [7, 11) is -3.52. The predicted molar refractivity (Wildman–Crippen MR) is 63.7 cm³/mol. The van der Waals surface area contributed by atoms with Gasteiger partial charge in [0, 0.05) is 12.1 Å². The second-order valence-corrected chi connectivity index (χ2v) is 6.27. The first-order valence-corrected chi connectivity index (χ1v) is 7.31. The van der Waals surface area contributed by atoms with Crippen LogP contribution in [0.5, 0.6) is 0 Å². The third-order valence-electron chi connectivity index (χ3n) is 2.74. The minimum absolute atomic E-state index is 0.175. The molecule has 0 saturated heterocycles. The Kier molecular flexibility index (Phi) is 4.91. The summed E-state index contributed by atoms with van der Waals surface area (Å²) < 4.78 is 28.2. The molecular weight excluding hydrogens is 244 g/mol. The van der Waals surface area contributed by atoms with Crippen LogP contribution in [-0.4, -0.2) is 31.6 Å². The predicted octanol–water partition coefficient (Wildman–Crippen LogP) is 0.462. The molecule has 0 bridgehead atoms. The fourth-order valence-corrected chi connectivity index (χ4v) is 3.43. The van der Waals surface area contributed by atoms with E-state index in [4.69, 9.17) is 5.11 Å². The van der Waals surface area contributed by atoms with Crippen LogP contribution in [-0.2, 0) is 15.0 Å². The summed E-state index contributed by atoms with van der Waals surface area (Å²) in [4.78, 5) is 10.9. The van der Waals surface area contributed by atoms with E-state index in [1.807, 2.05) is 0 Å². The first kappa shape index (κ1) is 14.4. The van der Waals surface area contributed by atoms with E-state index in [2.05, 4.69) is 9.44 Å². The number of hydrogen-bond acceptors (Lipinski definition) is 3. The number of carboxylic acid groups (broad SMARTS) is 1. The lowest BCUT2D eigenvalue weighted by molar-refractivity contribution is -0.143. The van der Waals surface area contributed by atoms with Crippen molar-refractivity contribution in [1.29, 1.82) is 0 Å². The van der Waals surface area contributed by atoms with E-state index in [-0.39, 0.29) is 12.1 Å². The highest BCUT2D eigenvalue weighted by atomic mass is 32.2. The van der Waals surface area contributed by atoms with Crippen LogP contribution in [0, 0.1) is 5.92 Å². The maximum Gasteiger partial charge on any atom is 0.306 e. The largest absolute Gasteiger partial charge is 0.481 e. The van der Waals surface area contributed by atoms with Crippen molar-refractivity contribution >= 4 is 16.2 Å². The van der Waals surface area contributed by atoms with Gasteiger partial charge in [0.15, 0.2) is 0 Å². The van der Waals surface area contributed by atoms with E-state index < -0.39 is 22.1 Å². The van der Waals surface area contributed by atoms with Crippen molar-refractivity contribution in [2.24, 2.45) is 5.92 Å². The SMILES string of the molecule is CC(C)NS(=O)(=O)NC1CCCC(C(=O)O)C1. The minimum Gasteiger partial charge on any atom is -0.481 e. The maximum atomic E-state index is 11.6. The van der Waals surface area contributed by atoms with Crippen LogP contribution >= 0.6 is 0 Å². The molecule has 0 radical (unpaired) electrons. The Morgan fingerprint density at radius 3 is 2.53 bits per heavy atom.